The Morgan fingerprint density at radius 3 is 2.77 bits per heavy atom. The maximum Gasteiger partial charge on any atom is 0.270 e. The van der Waals surface area contributed by atoms with Gasteiger partial charge in [-0.3, -0.25) is 9.69 Å². The van der Waals surface area contributed by atoms with Crippen LogP contribution in [-0.4, -0.2) is 65.6 Å². The van der Waals surface area contributed by atoms with E-state index in [0.29, 0.717) is 6.04 Å². The Hall–Kier alpha value is -0.560. The van der Waals surface area contributed by atoms with E-state index in [-0.39, 0.29) is 18.3 Å². The van der Waals surface area contributed by atoms with Crippen LogP contribution >= 0.6 is 28.3 Å². The number of amides is 1. The zero-order valence-corrected chi connectivity index (χ0v) is 15.3. The Bertz CT molecular complexity index is 516. The van der Waals surface area contributed by atoms with Gasteiger partial charge in [0.1, 0.15) is 5.69 Å². The molecule has 7 heteroatoms. The molecule has 1 amide bonds. The van der Waals surface area contributed by atoms with E-state index < -0.39 is 0 Å². The molecule has 1 atom stereocenters. The van der Waals surface area contributed by atoms with Crippen LogP contribution in [0.5, 0.6) is 0 Å². The van der Waals surface area contributed by atoms with Crippen molar-refractivity contribution in [2.45, 2.75) is 25.9 Å². The summed E-state index contributed by atoms with van der Waals surface area (Å²) >= 11 is 3.47. The van der Waals surface area contributed by atoms with E-state index in [1.807, 2.05) is 21.7 Å². The summed E-state index contributed by atoms with van der Waals surface area (Å²) in [7, 11) is 0. The minimum Gasteiger partial charge on any atom is -0.343 e. The Kier molecular flexibility index (Phi) is 6.32. The number of hydrogen-bond acceptors (Lipinski definition) is 3. The first kappa shape index (κ1) is 17.8. The Labute approximate surface area is 146 Å². The average Bonchev–Trinajstić information content (AvgIpc) is 3.14. The van der Waals surface area contributed by atoms with Gasteiger partial charge in [0, 0.05) is 62.5 Å². The summed E-state index contributed by atoms with van der Waals surface area (Å²) in [4.78, 5) is 17.3. The predicted molar refractivity (Wildman–Crippen MR) is 93.8 cm³/mol. The molecule has 0 spiro atoms. The molecule has 124 valence electrons. The van der Waals surface area contributed by atoms with Gasteiger partial charge in [-0.2, -0.15) is 0 Å². The highest BCUT2D eigenvalue weighted by Crippen LogP contribution is 2.21. The van der Waals surface area contributed by atoms with Crippen LogP contribution in [0.1, 0.15) is 23.8 Å². The molecule has 2 fully saturated rings. The standard InChI is InChI=1S/C15H23BrN4O.ClH/c1-2-18-10-12(16)9-14(18)15(21)20-6-3-13(11-20)19-7-4-17-5-8-19;/h9-10,13,17H,2-8,11H2,1H3;1H. The number of halogens is 2. The first-order valence-electron chi connectivity index (χ1n) is 7.78. The molecule has 2 aliphatic rings. The van der Waals surface area contributed by atoms with Gasteiger partial charge in [0.05, 0.1) is 0 Å². The second-order valence-electron chi connectivity index (χ2n) is 5.81. The van der Waals surface area contributed by atoms with Gasteiger partial charge >= 0.3 is 0 Å². The summed E-state index contributed by atoms with van der Waals surface area (Å²) in [5, 5.41) is 3.39. The van der Waals surface area contributed by atoms with Crippen LogP contribution < -0.4 is 5.32 Å². The van der Waals surface area contributed by atoms with E-state index in [1.165, 1.54) is 0 Å². The molecule has 22 heavy (non-hydrogen) atoms. The average molecular weight is 392 g/mol. The lowest BCUT2D eigenvalue weighted by atomic mass is 10.2. The van der Waals surface area contributed by atoms with Gasteiger partial charge in [-0.1, -0.05) is 0 Å². The fraction of sp³-hybridized carbons (Fsp3) is 0.667. The number of rotatable bonds is 3. The van der Waals surface area contributed by atoms with E-state index in [9.17, 15) is 4.79 Å². The lowest BCUT2D eigenvalue weighted by Crippen LogP contribution is -2.49. The molecule has 1 N–H and O–H groups in total. The number of carbonyl (C=O) groups is 1. The molecule has 0 aromatic carbocycles. The molecule has 2 aliphatic heterocycles. The summed E-state index contributed by atoms with van der Waals surface area (Å²) in [5.74, 6) is 0.167. The fourth-order valence-electron chi connectivity index (χ4n) is 3.35. The molecule has 1 aromatic rings. The maximum atomic E-state index is 12.7. The SMILES string of the molecule is CCn1cc(Br)cc1C(=O)N1CCC(N2CCNCC2)C1.Cl. The van der Waals surface area contributed by atoms with Gasteiger partial charge < -0.3 is 14.8 Å². The number of likely N-dealkylation sites (tertiary alicyclic amines) is 1. The van der Waals surface area contributed by atoms with Crippen molar-refractivity contribution in [3.05, 3.63) is 22.4 Å². The second kappa shape index (κ2) is 7.81. The molecule has 0 bridgehead atoms. The normalized spacial score (nSPS) is 22.6. The fourth-order valence-corrected chi connectivity index (χ4v) is 3.81. The van der Waals surface area contributed by atoms with Crippen molar-refractivity contribution in [2.75, 3.05) is 39.3 Å². The molecule has 2 saturated heterocycles. The Balaban J connectivity index is 0.00000176. The van der Waals surface area contributed by atoms with Gasteiger partial charge in [-0.15, -0.1) is 12.4 Å². The van der Waals surface area contributed by atoms with E-state index in [4.69, 9.17) is 0 Å². The number of piperazine rings is 1. The van der Waals surface area contributed by atoms with Crippen molar-refractivity contribution in [3.8, 4) is 0 Å². The van der Waals surface area contributed by atoms with Crippen molar-refractivity contribution in [1.29, 1.82) is 0 Å². The van der Waals surface area contributed by atoms with Crippen molar-refractivity contribution < 1.29 is 4.79 Å². The molecule has 0 saturated carbocycles. The smallest absolute Gasteiger partial charge is 0.270 e. The third kappa shape index (κ3) is 3.67. The van der Waals surface area contributed by atoms with Gasteiger partial charge in [0.15, 0.2) is 0 Å². The number of aryl methyl sites for hydroxylation is 1. The molecular weight excluding hydrogens is 368 g/mol. The van der Waals surface area contributed by atoms with Crippen LogP contribution in [0.2, 0.25) is 0 Å². The van der Waals surface area contributed by atoms with Crippen molar-refractivity contribution >= 4 is 34.2 Å². The van der Waals surface area contributed by atoms with Gasteiger partial charge in [0.25, 0.3) is 5.91 Å². The van der Waals surface area contributed by atoms with Crippen LogP contribution in [0, 0.1) is 0 Å². The van der Waals surface area contributed by atoms with Crippen LogP contribution in [0.3, 0.4) is 0 Å². The summed E-state index contributed by atoms with van der Waals surface area (Å²) < 4.78 is 3.00. The molecule has 3 heterocycles. The largest absolute Gasteiger partial charge is 0.343 e. The second-order valence-corrected chi connectivity index (χ2v) is 6.72. The minimum atomic E-state index is 0. The van der Waals surface area contributed by atoms with Gasteiger partial charge in [-0.05, 0) is 35.3 Å². The highest BCUT2D eigenvalue weighted by Gasteiger charge is 2.32. The van der Waals surface area contributed by atoms with E-state index in [0.717, 1.165) is 62.4 Å². The molecule has 5 nitrogen and oxygen atoms in total. The topological polar surface area (TPSA) is 40.5 Å². The van der Waals surface area contributed by atoms with Crippen LogP contribution in [0.4, 0.5) is 0 Å². The number of carbonyl (C=O) groups excluding carboxylic acids is 1. The zero-order valence-electron chi connectivity index (χ0n) is 12.9. The highest BCUT2D eigenvalue weighted by molar-refractivity contribution is 9.10. The Morgan fingerprint density at radius 2 is 2.09 bits per heavy atom. The van der Waals surface area contributed by atoms with E-state index >= 15 is 0 Å². The lowest BCUT2D eigenvalue weighted by Gasteiger charge is -2.32. The third-order valence-electron chi connectivity index (χ3n) is 4.54. The van der Waals surface area contributed by atoms with Crippen molar-refractivity contribution in [3.63, 3.8) is 0 Å². The minimum absolute atomic E-state index is 0. The first-order chi connectivity index (χ1) is 10.2. The molecular formula is C15H24BrClN4O. The molecule has 3 rings (SSSR count). The monoisotopic (exact) mass is 390 g/mol. The highest BCUT2D eigenvalue weighted by atomic mass is 79.9. The van der Waals surface area contributed by atoms with E-state index in [2.05, 4.69) is 33.1 Å². The molecule has 1 unspecified atom stereocenters. The van der Waals surface area contributed by atoms with Crippen LogP contribution in [0.15, 0.2) is 16.7 Å². The maximum absolute atomic E-state index is 12.7. The number of aromatic nitrogens is 1. The summed E-state index contributed by atoms with van der Waals surface area (Å²) in [6.45, 7) is 8.96. The lowest BCUT2D eigenvalue weighted by molar-refractivity contribution is 0.0763. The zero-order chi connectivity index (χ0) is 14.8. The van der Waals surface area contributed by atoms with Crippen LogP contribution in [-0.2, 0) is 6.54 Å². The number of nitrogens with zero attached hydrogens (tertiary/aromatic N) is 3. The number of nitrogens with one attached hydrogen (secondary N) is 1. The predicted octanol–water partition coefficient (Wildman–Crippen LogP) is 1.81. The quantitative estimate of drug-likeness (QED) is 0.854. The van der Waals surface area contributed by atoms with Crippen molar-refractivity contribution in [1.82, 2.24) is 19.7 Å². The molecule has 0 radical (unpaired) electrons. The van der Waals surface area contributed by atoms with Gasteiger partial charge in [0.2, 0.25) is 0 Å². The van der Waals surface area contributed by atoms with Crippen LogP contribution in [0.25, 0.3) is 0 Å². The molecule has 0 aliphatic carbocycles. The van der Waals surface area contributed by atoms with Gasteiger partial charge in [-0.25, -0.2) is 0 Å². The third-order valence-corrected chi connectivity index (χ3v) is 4.98. The summed E-state index contributed by atoms with van der Waals surface area (Å²) in [6, 6.07) is 2.47. The van der Waals surface area contributed by atoms with E-state index in [1.54, 1.807) is 0 Å². The summed E-state index contributed by atoms with van der Waals surface area (Å²) in [5.41, 5.74) is 0.797. The Morgan fingerprint density at radius 1 is 1.36 bits per heavy atom. The first-order valence-corrected chi connectivity index (χ1v) is 8.58. The number of hydrogen-bond donors (Lipinski definition) is 1. The van der Waals surface area contributed by atoms with Crippen molar-refractivity contribution in [2.24, 2.45) is 0 Å². The summed E-state index contributed by atoms with van der Waals surface area (Å²) in [6.07, 6.45) is 3.08. The molecule has 1 aromatic heterocycles.